The molecule has 11 heteroatoms. The minimum atomic E-state index is -0.718. The van der Waals surface area contributed by atoms with Gasteiger partial charge in [-0.3, -0.25) is 0 Å². The zero-order valence-corrected chi connectivity index (χ0v) is 15.3. The number of anilines is 1. The molecule has 152 valence electrons. The van der Waals surface area contributed by atoms with Crippen LogP contribution in [-0.2, 0) is 0 Å². The molecule has 1 fully saturated rings. The standard InChI is InChI=1S/C18H17F3N6O2/c1-22-17-23-7-14(21)16(25-17)29-13-8-26(9-13)18(28)27-15(2-3-24-27)10-4-11(19)6-12(20)5-10/h3-7,13,15H,2,8-9H2,1H3,(H,22,23,25)/t15-/m0/s1. The van der Waals surface area contributed by atoms with E-state index < -0.39 is 35.6 Å². The van der Waals surface area contributed by atoms with Gasteiger partial charge >= 0.3 is 6.03 Å². The Labute approximate surface area is 164 Å². The molecule has 1 saturated heterocycles. The van der Waals surface area contributed by atoms with Crippen LogP contribution in [0.1, 0.15) is 18.0 Å². The Morgan fingerprint density at radius 3 is 2.62 bits per heavy atom. The largest absolute Gasteiger partial charge is 0.468 e. The van der Waals surface area contributed by atoms with E-state index in [2.05, 4.69) is 20.4 Å². The van der Waals surface area contributed by atoms with E-state index in [1.165, 1.54) is 28.3 Å². The van der Waals surface area contributed by atoms with Crippen molar-refractivity contribution in [3.8, 4) is 5.88 Å². The monoisotopic (exact) mass is 406 g/mol. The Hall–Kier alpha value is -3.37. The van der Waals surface area contributed by atoms with Gasteiger partial charge in [0, 0.05) is 25.7 Å². The minimum absolute atomic E-state index is 0.200. The number of hydrogen-bond donors (Lipinski definition) is 1. The number of hydrogen-bond acceptors (Lipinski definition) is 6. The zero-order valence-electron chi connectivity index (χ0n) is 15.3. The smallest absolute Gasteiger partial charge is 0.341 e. The first kappa shape index (κ1) is 19.0. The SMILES string of the molecule is CNc1ncc(F)c(OC2CN(C(=O)N3N=CC[C@H]3c3cc(F)cc(F)c3)C2)n1. The summed E-state index contributed by atoms with van der Waals surface area (Å²) in [5.41, 5.74) is 0.323. The number of urea groups is 1. The van der Waals surface area contributed by atoms with Gasteiger partial charge in [-0.2, -0.15) is 14.5 Å². The summed E-state index contributed by atoms with van der Waals surface area (Å²) in [6.45, 7) is 0.404. The first-order valence-corrected chi connectivity index (χ1v) is 8.88. The van der Waals surface area contributed by atoms with Gasteiger partial charge < -0.3 is 15.0 Å². The summed E-state index contributed by atoms with van der Waals surface area (Å²) in [6.07, 6.45) is 2.43. The Morgan fingerprint density at radius 1 is 1.21 bits per heavy atom. The van der Waals surface area contributed by atoms with Gasteiger partial charge in [0.05, 0.1) is 25.3 Å². The van der Waals surface area contributed by atoms with Crippen molar-refractivity contribution in [1.82, 2.24) is 19.9 Å². The first-order valence-electron chi connectivity index (χ1n) is 8.88. The van der Waals surface area contributed by atoms with E-state index >= 15 is 0 Å². The average molecular weight is 406 g/mol. The predicted molar refractivity (Wildman–Crippen MR) is 97.0 cm³/mol. The molecule has 1 aromatic heterocycles. The molecule has 2 aliphatic rings. The van der Waals surface area contributed by atoms with Crippen molar-refractivity contribution >= 4 is 18.2 Å². The topological polar surface area (TPSA) is 83.0 Å². The Morgan fingerprint density at radius 2 is 1.93 bits per heavy atom. The minimum Gasteiger partial charge on any atom is -0.468 e. The molecule has 2 aliphatic heterocycles. The lowest BCUT2D eigenvalue weighted by molar-refractivity contribution is 0.0230. The van der Waals surface area contributed by atoms with Crippen LogP contribution < -0.4 is 10.1 Å². The van der Waals surface area contributed by atoms with Crippen LogP contribution in [0, 0.1) is 17.5 Å². The number of nitrogens with zero attached hydrogens (tertiary/aromatic N) is 5. The Balaban J connectivity index is 1.39. The summed E-state index contributed by atoms with van der Waals surface area (Å²) in [7, 11) is 1.60. The number of aromatic nitrogens is 2. The molecule has 0 saturated carbocycles. The number of carbonyl (C=O) groups is 1. The molecule has 2 amide bonds. The van der Waals surface area contributed by atoms with E-state index in [9.17, 15) is 18.0 Å². The van der Waals surface area contributed by atoms with Gasteiger partial charge in [-0.05, 0) is 17.7 Å². The molecule has 2 aromatic rings. The summed E-state index contributed by atoms with van der Waals surface area (Å²) in [4.78, 5) is 21.8. The van der Waals surface area contributed by atoms with Crippen molar-refractivity contribution in [2.45, 2.75) is 18.6 Å². The van der Waals surface area contributed by atoms with Gasteiger partial charge in [-0.1, -0.05) is 0 Å². The third-order valence-electron chi connectivity index (χ3n) is 4.63. The van der Waals surface area contributed by atoms with Crippen molar-refractivity contribution in [3.63, 3.8) is 0 Å². The number of benzene rings is 1. The molecule has 29 heavy (non-hydrogen) atoms. The molecule has 3 heterocycles. The summed E-state index contributed by atoms with van der Waals surface area (Å²) in [6, 6.07) is 2.12. The fraction of sp³-hybridized carbons (Fsp3) is 0.333. The highest BCUT2D eigenvalue weighted by molar-refractivity contribution is 5.79. The van der Waals surface area contributed by atoms with Crippen molar-refractivity contribution in [1.29, 1.82) is 0 Å². The summed E-state index contributed by atoms with van der Waals surface area (Å²) < 4.78 is 46.3. The maximum absolute atomic E-state index is 13.8. The van der Waals surface area contributed by atoms with E-state index in [-0.39, 0.29) is 24.9 Å². The quantitative estimate of drug-likeness (QED) is 0.844. The highest BCUT2D eigenvalue weighted by Crippen LogP contribution is 2.31. The van der Waals surface area contributed by atoms with Crippen molar-refractivity contribution in [2.24, 2.45) is 5.10 Å². The van der Waals surface area contributed by atoms with Crippen molar-refractivity contribution in [2.75, 3.05) is 25.5 Å². The number of amides is 2. The van der Waals surface area contributed by atoms with Crippen LogP contribution in [0.25, 0.3) is 0 Å². The Kier molecular flexibility index (Phi) is 4.95. The number of rotatable bonds is 4. The third-order valence-corrected chi connectivity index (χ3v) is 4.63. The van der Waals surface area contributed by atoms with Crippen molar-refractivity contribution < 1.29 is 22.7 Å². The third kappa shape index (κ3) is 3.80. The number of likely N-dealkylation sites (tertiary alicyclic amines) is 1. The molecule has 1 N–H and O–H groups in total. The molecule has 1 aromatic carbocycles. The van der Waals surface area contributed by atoms with Crippen LogP contribution in [0.4, 0.5) is 23.9 Å². The molecular formula is C18H17F3N6O2. The van der Waals surface area contributed by atoms with E-state index in [1.807, 2.05) is 0 Å². The lowest BCUT2D eigenvalue weighted by Crippen LogP contribution is -2.59. The van der Waals surface area contributed by atoms with Gasteiger partial charge in [0.25, 0.3) is 5.88 Å². The molecule has 8 nitrogen and oxygen atoms in total. The predicted octanol–water partition coefficient (Wildman–Crippen LogP) is 2.55. The second kappa shape index (κ2) is 7.57. The van der Waals surface area contributed by atoms with Gasteiger partial charge in [0.1, 0.15) is 17.7 Å². The molecule has 0 aliphatic carbocycles. The number of hydrazone groups is 1. The number of carbonyl (C=O) groups excluding carboxylic acids is 1. The van der Waals surface area contributed by atoms with E-state index in [0.717, 1.165) is 12.3 Å². The van der Waals surface area contributed by atoms with Gasteiger partial charge in [-0.15, -0.1) is 0 Å². The number of nitrogens with one attached hydrogen (secondary N) is 1. The molecular weight excluding hydrogens is 389 g/mol. The van der Waals surface area contributed by atoms with Crippen LogP contribution in [-0.4, -0.2) is 58.4 Å². The summed E-state index contributed by atoms with van der Waals surface area (Å²) in [5.74, 6) is -2.13. The van der Waals surface area contributed by atoms with Gasteiger partial charge in [0.2, 0.25) is 11.8 Å². The number of ether oxygens (including phenoxy) is 1. The van der Waals surface area contributed by atoms with E-state index in [0.29, 0.717) is 12.0 Å². The van der Waals surface area contributed by atoms with Crippen LogP contribution in [0.3, 0.4) is 0 Å². The highest BCUT2D eigenvalue weighted by Gasteiger charge is 2.39. The lowest BCUT2D eigenvalue weighted by Gasteiger charge is -2.40. The fourth-order valence-electron chi connectivity index (χ4n) is 3.17. The molecule has 0 unspecified atom stereocenters. The normalized spacial score (nSPS) is 18.7. The molecule has 1 atom stereocenters. The van der Waals surface area contributed by atoms with Crippen LogP contribution in [0.5, 0.6) is 5.88 Å². The molecule has 0 bridgehead atoms. The molecule has 0 spiro atoms. The second-order valence-corrected chi connectivity index (χ2v) is 6.62. The van der Waals surface area contributed by atoms with E-state index in [1.54, 1.807) is 7.05 Å². The van der Waals surface area contributed by atoms with Crippen LogP contribution in [0.15, 0.2) is 29.5 Å². The Bertz CT molecular complexity index is 946. The van der Waals surface area contributed by atoms with E-state index in [4.69, 9.17) is 4.74 Å². The molecule has 0 radical (unpaired) electrons. The first-order chi connectivity index (χ1) is 13.9. The second-order valence-electron chi connectivity index (χ2n) is 6.62. The maximum Gasteiger partial charge on any atom is 0.341 e. The summed E-state index contributed by atoms with van der Waals surface area (Å²) >= 11 is 0. The lowest BCUT2D eigenvalue weighted by atomic mass is 10.0. The maximum atomic E-state index is 13.8. The summed E-state index contributed by atoms with van der Waals surface area (Å²) in [5, 5.41) is 7.92. The van der Waals surface area contributed by atoms with Gasteiger partial charge in [-0.25, -0.2) is 23.6 Å². The number of halogens is 3. The van der Waals surface area contributed by atoms with Crippen LogP contribution in [0.2, 0.25) is 0 Å². The fourth-order valence-corrected chi connectivity index (χ4v) is 3.17. The zero-order chi connectivity index (χ0) is 20.5. The average Bonchev–Trinajstić information content (AvgIpc) is 3.14. The highest BCUT2D eigenvalue weighted by atomic mass is 19.1. The van der Waals surface area contributed by atoms with Crippen LogP contribution >= 0.6 is 0 Å². The van der Waals surface area contributed by atoms with Crippen molar-refractivity contribution in [3.05, 3.63) is 47.4 Å². The van der Waals surface area contributed by atoms with Gasteiger partial charge in [0.15, 0.2) is 0 Å². The molecule has 4 rings (SSSR count).